The van der Waals surface area contributed by atoms with Crippen molar-refractivity contribution in [2.24, 2.45) is 5.73 Å². The molecular weight excluding hydrogens is 289 g/mol. The highest BCUT2D eigenvalue weighted by Gasteiger charge is 2.13. The van der Waals surface area contributed by atoms with Crippen LogP contribution in [0.2, 0.25) is 0 Å². The summed E-state index contributed by atoms with van der Waals surface area (Å²) < 4.78 is 5.21. The SMILES string of the molecule is Cl.Cl.NCc1ccc(C(=O)NN2CCOCC2)cc1. The first-order valence-electron chi connectivity index (χ1n) is 5.72. The van der Waals surface area contributed by atoms with Crippen molar-refractivity contribution in [3.63, 3.8) is 0 Å². The number of hydrogen-bond acceptors (Lipinski definition) is 4. The molecule has 1 aromatic carbocycles. The Labute approximate surface area is 125 Å². The van der Waals surface area contributed by atoms with Crippen molar-refractivity contribution in [3.8, 4) is 0 Å². The van der Waals surface area contributed by atoms with Crippen LogP contribution in [0.3, 0.4) is 0 Å². The standard InChI is InChI=1S/C12H17N3O2.2ClH/c13-9-10-1-3-11(4-2-10)12(16)14-15-5-7-17-8-6-15;;/h1-4H,5-9,13H2,(H,14,16);2*1H. The maximum atomic E-state index is 11.9. The lowest BCUT2D eigenvalue weighted by Gasteiger charge is -2.26. The minimum Gasteiger partial charge on any atom is -0.379 e. The number of rotatable bonds is 3. The number of morpholine rings is 1. The van der Waals surface area contributed by atoms with E-state index in [4.69, 9.17) is 10.5 Å². The van der Waals surface area contributed by atoms with E-state index in [0.29, 0.717) is 25.3 Å². The Morgan fingerprint density at radius 1 is 1.21 bits per heavy atom. The molecule has 19 heavy (non-hydrogen) atoms. The smallest absolute Gasteiger partial charge is 0.265 e. The van der Waals surface area contributed by atoms with E-state index in [2.05, 4.69) is 5.43 Å². The van der Waals surface area contributed by atoms with Gasteiger partial charge in [0, 0.05) is 25.2 Å². The fourth-order valence-electron chi connectivity index (χ4n) is 1.68. The summed E-state index contributed by atoms with van der Waals surface area (Å²) in [4.78, 5) is 11.9. The van der Waals surface area contributed by atoms with E-state index in [1.807, 2.05) is 17.1 Å². The number of halogens is 2. The monoisotopic (exact) mass is 307 g/mol. The molecule has 1 aliphatic heterocycles. The van der Waals surface area contributed by atoms with Crippen LogP contribution in [0.15, 0.2) is 24.3 Å². The number of hydrogen-bond donors (Lipinski definition) is 2. The van der Waals surface area contributed by atoms with E-state index in [1.54, 1.807) is 12.1 Å². The molecule has 0 saturated carbocycles. The number of nitrogens with two attached hydrogens (primary N) is 1. The van der Waals surface area contributed by atoms with Gasteiger partial charge in [-0.25, -0.2) is 5.01 Å². The number of nitrogens with zero attached hydrogens (tertiary/aromatic N) is 1. The summed E-state index contributed by atoms with van der Waals surface area (Å²) in [6.45, 7) is 3.27. The summed E-state index contributed by atoms with van der Waals surface area (Å²) in [7, 11) is 0. The number of ether oxygens (including phenoxy) is 1. The van der Waals surface area contributed by atoms with E-state index in [0.717, 1.165) is 18.7 Å². The molecule has 1 saturated heterocycles. The Balaban J connectivity index is 0.00000162. The summed E-state index contributed by atoms with van der Waals surface area (Å²) in [5.41, 5.74) is 10.0. The fourth-order valence-corrected chi connectivity index (χ4v) is 1.68. The van der Waals surface area contributed by atoms with Gasteiger partial charge in [-0.2, -0.15) is 0 Å². The Kier molecular flexibility index (Phi) is 8.71. The summed E-state index contributed by atoms with van der Waals surface area (Å²) >= 11 is 0. The highest BCUT2D eigenvalue weighted by Crippen LogP contribution is 2.04. The van der Waals surface area contributed by atoms with Gasteiger partial charge >= 0.3 is 0 Å². The van der Waals surface area contributed by atoms with Crippen LogP contribution in [0.1, 0.15) is 15.9 Å². The molecule has 0 unspecified atom stereocenters. The summed E-state index contributed by atoms with van der Waals surface area (Å²) in [5.74, 6) is -0.0875. The lowest BCUT2D eigenvalue weighted by molar-refractivity contribution is 0.0126. The maximum absolute atomic E-state index is 11.9. The molecule has 7 heteroatoms. The van der Waals surface area contributed by atoms with Crippen molar-refractivity contribution in [2.75, 3.05) is 26.3 Å². The minimum atomic E-state index is -0.0875. The Hall–Kier alpha value is -0.850. The van der Waals surface area contributed by atoms with Crippen LogP contribution in [0.25, 0.3) is 0 Å². The molecule has 3 N–H and O–H groups in total. The molecular formula is C12H19Cl2N3O2. The van der Waals surface area contributed by atoms with Crippen LogP contribution in [0, 0.1) is 0 Å². The zero-order valence-corrected chi connectivity index (χ0v) is 12.1. The summed E-state index contributed by atoms with van der Waals surface area (Å²) in [5, 5.41) is 1.88. The van der Waals surface area contributed by atoms with Crippen LogP contribution >= 0.6 is 24.8 Å². The van der Waals surface area contributed by atoms with Crippen LogP contribution in [-0.4, -0.2) is 37.2 Å². The number of carbonyl (C=O) groups is 1. The van der Waals surface area contributed by atoms with E-state index < -0.39 is 0 Å². The van der Waals surface area contributed by atoms with Gasteiger partial charge < -0.3 is 10.5 Å². The molecule has 0 atom stereocenters. The van der Waals surface area contributed by atoms with Gasteiger partial charge in [0.2, 0.25) is 0 Å². The first-order chi connectivity index (χ1) is 8.29. The second kappa shape index (κ2) is 9.12. The van der Waals surface area contributed by atoms with Crippen molar-refractivity contribution in [3.05, 3.63) is 35.4 Å². The van der Waals surface area contributed by atoms with E-state index >= 15 is 0 Å². The van der Waals surface area contributed by atoms with Gasteiger partial charge in [-0.15, -0.1) is 24.8 Å². The maximum Gasteiger partial charge on any atom is 0.265 e. The van der Waals surface area contributed by atoms with Gasteiger partial charge in [0.25, 0.3) is 5.91 Å². The average molecular weight is 308 g/mol. The molecule has 1 amide bonds. The van der Waals surface area contributed by atoms with Gasteiger partial charge in [0.05, 0.1) is 13.2 Å². The summed E-state index contributed by atoms with van der Waals surface area (Å²) in [6.07, 6.45) is 0. The van der Waals surface area contributed by atoms with Crippen molar-refractivity contribution in [2.45, 2.75) is 6.54 Å². The molecule has 5 nitrogen and oxygen atoms in total. The van der Waals surface area contributed by atoms with Crippen LogP contribution in [0.4, 0.5) is 0 Å². The van der Waals surface area contributed by atoms with Gasteiger partial charge in [0.1, 0.15) is 0 Å². The average Bonchev–Trinajstić information content (AvgIpc) is 2.40. The topological polar surface area (TPSA) is 67.6 Å². The number of carbonyl (C=O) groups excluding carboxylic acids is 1. The third-order valence-electron chi connectivity index (χ3n) is 2.72. The normalized spacial score (nSPS) is 15.0. The zero-order chi connectivity index (χ0) is 12.1. The molecule has 1 heterocycles. The molecule has 1 aliphatic rings. The quantitative estimate of drug-likeness (QED) is 0.873. The predicted octanol–water partition coefficient (Wildman–Crippen LogP) is 0.966. The molecule has 0 spiro atoms. The predicted molar refractivity (Wildman–Crippen MR) is 78.7 cm³/mol. The highest BCUT2D eigenvalue weighted by molar-refractivity contribution is 5.93. The van der Waals surface area contributed by atoms with Crippen LogP contribution < -0.4 is 11.2 Å². The number of benzene rings is 1. The van der Waals surface area contributed by atoms with Gasteiger partial charge in [-0.3, -0.25) is 10.2 Å². The molecule has 0 bridgehead atoms. The Bertz CT molecular complexity index is 381. The lowest BCUT2D eigenvalue weighted by Crippen LogP contribution is -2.48. The molecule has 0 radical (unpaired) electrons. The van der Waals surface area contributed by atoms with Crippen LogP contribution in [-0.2, 0) is 11.3 Å². The van der Waals surface area contributed by atoms with Crippen molar-refractivity contribution in [1.82, 2.24) is 10.4 Å². The molecule has 1 aromatic rings. The van der Waals surface area contributed by atoms with Crippen LogP contribution in [0.5, 0.6) is 0 Å². The zero-order valence-electron chi connectivity index (χ0n) is 10.5. The van der Waals surface area contributed by atoms with Crippen molar-refractivity contribution < 1.29 is 9.53 Å². The van der Waals surface area contributed by atoms with E-state index in [1.165, 1.54) is 0 Å². The molecule has 108 valence electrons. The highest BCUT2D eigenvalue weighted by atomic mass is 35.5. The summed E-state index contributed by atoms with van der Waals surface area (Å²) in [6, 6.07) is 7.32. The lowest BCUT2D eigenvalue weighted by atomic mass is 10.1. The number of amides is 1. The molecule has 2 rings (SSSR count). The third-order valence-corrected chi connectivity index (χ3v) is 2.72. The van der Waals surface area contributed by atoms with Crippen molar-refractivity contribution >= 4 is 30.7 Å². The Morgan fingerprint density at radius 2 is 1.79 bits per heavy atom. The first-order valence-corrected chi connectivity index (χ1v) is 5.72. The largest absolute Gasteiger partial charge is 0.379 e. The second-order valence-electron chi connectivity index (χ2n) is 3.94. The fraction of sp³-hybridized carbons (Fsp3) is 0.417. The molecule has 1 fully saturated rings. The van der Waals surface area contributed by atoms with E-state index in [9.17, 15) is 4.79 Å². The molecule has 0 aliphatic carbocycles. The van der Waals surface area contributed by atoms with Gasteiger partial charge in [-0.05, 0) is 17.7 Å². The van der Waals surface area contributed by atoms with E-state index in [-0.39, 0.29) is 30.7 Å². The first kappa shape index (κ1) is 18.1. The number of hydrazine groups is 1. The number of nitrogens with one attached hydrogen (secondary N) is 1. The minimum absolute atomic E-state index is 0. The Morgan fingerprint density at radius 3 is 2.32 bits per heavy atom. The van der Waals surface area contributed by atoms with Crippen molar-refractivity contribution in [1.29, 1.82) is 0 Å². The third kappa shape index (κ3) is 5.34. The van der Waals surface area contributed by atoms with Gasteiger partial charge in [-0.1, -0.05) is 12.1 Å². The second-order valence-corrected chi connectivity index (χ2v) is 3.94. The van der Waals surface area contributed by atoms with Gasteiger partial charge in [0.15, 0.2) is 0 Å². The molecule has 0 aromatic heterocycles.